The maximum Gasteiger partial charge on any atom is 0.404 e. The lowest BCUT2D eigenvalue weighted by molar-refractivity contribution is -0.192. The van der Waals surface area contributed by atoms with Crippen molar-refractivity contribution in [2.75, 3.05) is 13.6 Å². The number of halogens is 3. The molecule has 1 saturated heterocycles. The Hall–Kier alpha value is -1.82. The summed E-state index contributed by atoms with van der Waals surface area (Å²) in [6, 6.07) is 6.09. The summed E-state index contributed by atoms with van der Waals surface area (Å²) in [6.07, 6.45) is -2.57. The molecule has 1 fully saturated rings. The van der Waals surface area contributed by atoms with E-state index >= 15 is 0 Å². The minimum atomic E-state index is -4.21. The third-order valence-corrected chi connectivity index (χ3v) is 5.70. The lowest BCUT2D eigenvalue weighted by atomic mass is 9.85. The number of likely N-dealkylation sites (tertiary alicyclic amines) is 1. The quantitative estimate of drug-likeness (QED) is 0.755. The summed E-state index contributed by atoms with van der Waals surface area (Å²) in [5.41, 5.74) is 2.37. The third-order valence-electron chi connectivity index (χ3n) is 5.70. The number of fused-ring (bicyclic) bond motifs is 1. The molecule has 6 heteroatoms. The van der Waals surface area contributed by atoms with E-state index in [1.807, 2.05) is 42.7 Å². The summed E-state index contributed by atoms with van der Waals surface area (Å²) < 4.78 is 42.0. The first-order chi connectivity index (χ1) is 11.8. The normalized spacial score (nSPS) is 23.8. The Bertz CT molecular complexity index is 781. The van der Waals surface area contributed by atoms with E-state index < -0.39 is 12.2 Å². The number of aldehydes is 1. The fraction of sp³-hybridized carbons (Fsp3) is 0.526. The van der Waals surface area contributed by atoms with Crippen molar-refractivity contribution < 1.29 is 18.0 Å². The van der Waals surface area contributed by atoms with Gasteiger partial charge >= 0.3 is 6.18 Å². The fourth-order valence-corrected chi connectivity index (χ4v) is 4.23. The Morgan fingerprint density at radius 3 is 2.60 bits per heavy atom. The number of piperidine rings is 1. The largest absolute Gasteiger partial charge is 0.404 e. The summed E-state index contributed by atoms with van der Waals surface area (Å²) in [5, 5.41) is 0.863. The SMILES string of the molecule is Cc1c(C=O)c2ccccc2n1C(C)C1CCN(C)C(C(F)(F)F)C1. The van der Waals surface area contributed by atoms with Crippen molar-refractivity contribution >= 4 is 17.2 Å². The molecule has 0 saturated carbocycles. The van der Waals surface area contributed by atoms with Crippen molar-refractivity contribution in [3.8, 4) is 0 Å². The Morgan fingerprint density at radius 1 is 1.28 bits per heavy atom. The van der Waals surface area contributed by atoms with Gasteiger partial charge in [-0.05, 0) is 52.3 Å². The molecule has 3 rings (SSSR count). The molecule has 0 bridgehead atoms. The van der Waals surface area contributed by atoms with Gasteiger partial charge in [0, 0.05) is 28.2 Å². The standard InChI is InChI=1S/C19H23F3N2O/c1-12(14-8-9-23(3)18(10-14)19(20,21)22)24-13(2)16(11-25)15-6-4-5-7-17(15)24/h4-7,11-12,14,18H,8-10H2,1-3H3. The number of nitrogens with zero attached hydrogens (tertiary/aromatic N) is 2. The molecular weight excluding hydrogens is 329 g/mol. The van der Waals surface area contributed by atoms with Gasteiger partial charge in [0.2, 0.25) is 0 Å². The number of carbonyl (C=O) groups is 1. The van der Waals surface area contributed by atoms with Gasteiger partial charge in [-0.3, -0.25) is 9.69 Å². The van der Waals surface area contributed by atoms with Crippen LogP contribution in [0.5, 0.6) is 0 Å². The second-order valence-corrected chi connectivity index (χ2v) is 7.07. The van der Waals surface area contributed by atoms with Crippen LogP contribution in [0.2, 0.25) is 0 Å². The van der Waals surface area contributed by atoms with Gasteiger partial charge in [0.25, 0.3) is 0 Å². The first-order valence-electron chi connectivity index (χ1n) is 8.57. The molecule has 1 aliphatic heterocycles. The summed E-state index contributed by atoms with van der Waals surface area (Å²) >= 11 is 0. The molecule has 0 N–H and O–H groups in total. The van der Waals surface area contributed by atoms with E-state index in [2.05, 4.69) is 0 Å². The summed E-state index contributed by atoms with van der Waals surface area (Å²) in [6.45, 7) is 4.27. The second-order valence-electron chi connectivity index (χ2n) is 7.07. The first-order valence-corrected chi connectivity index (χ1v) is 8.57. The van der Waals surface area contributed by atoms with Crippen molar-refractivity contribution in [2.24, 2.45) is 5.92 Å². The molecule has 2 heterocycles. The maximum absolute atomic E-state index is 13.3. The third kappa shape index (κ3) is 3.08. The van der Waals surface area contributed by atoms with E-state index in [-0.39, 0.29) is 18.4 Å². The van der Waals surface area contributed by atoms with Crippen LogP contribution in [0.3, 0.4) is 0 Å². The lowest BCUT2D eigenvalue weighted by Crippen LogP contribution is -2.49. The Morgan fingerprint density at radius 2 is 1.96 bits per heavy atom. The Balaban J connectivity index is 1.99. The molecule has 2 aromatic rings. The van der Waals surface area contributed by atoms with Crippen LogP contribution >= 0.6 is 0 Å². The van der Waals surface area contributed by atoms with Gasteiger partial charge < -0.3 is 4.57 Å². The number of hydrogen-bond acceptors (Lipinski definition) is 2. The van der Waals surface area contributed by atoms with Gasteiger partial charge in [-0.1, -0.05) is 18.2 Å². The first kappa shape index (κ1) is 18.0. The van der Waals surface area contributed by atoms with Gasteiger partial charge in [-0.25, -0.2) is 0 Å². The van der Waals surface area contributed by atoms with Crippen LogP contribution in [-0.4, -0.2) is 41.6 Å². The minimum absolute atomic E-state index is 0.0863. The van der Waals surface area contributed by atoms with Crippen LogP contribution in [0, 0.1) is 12.8 Å². The van der Waals surface area contributed by atoms with Gasteiger partial charge in [0.15, 0.2) is 6.29 Å². The van der Waals surface area contributed by atoms with Crippen LogP contribution in [0.1, 0.15) is 41.9 Å². The zero-order valence-corrected chi connectivity index (χ0v) is 14.7. The van der Waals surface area contributed by atoms with E-state index in [0.29, 0.717) is 18.5 Å². The number of alkyl halides is 3. The number of benzene rings is 1. The van der Waals surface area contributed by atoms with E-state index in [9.17, 15) is 18.0 Å². The highest BCUT2D eigenvalue weighted by Gasteiger charge is 2.46. The monoisotopic (exact) mass is 352 g/mol. The molecule has 0 amide bonds. The predicted octanol–water partition coefficient (Wildman–Crippen LogP) is 4.60. The van der Waals surface area contributed by atoms with Crippen molar-refractivity contribution in [2.45, 2.75) is 44.9 Å². The lowest BCUT2D eigenvalue weighted by Gasteiger charge is -2.40. The van der Waals surface area contributed by atoms with Crippen LogP contribution < -0.4 is 0 Å². The molecule has 3 atom stereocenters. The van der Waals surface area contributed by atoms with Gasteiger partial charge in [-0.15, -0.1) is 0 Å². The van der Waals surface area contributed by atoms with Crippen LogP contribution in [0.15, 0.2) is 24.3 Å². The summed E-state index contributed by atoms with van der Waals surface area (Å²) in [7, 11) is 1.54. The number of para-hydroxylation sites is 1. The summed E-state index contributed by atoms with van der Waals surface area (Å²) in [4.78, 5) is 12.9. The van der Waals surface area contributed by atoms with E-state index in [4.69, 9.17) is 0 Å². The summed E-state index contributed by atoms with van der Waals surface area (Å²) in [5.74, 6) is -0.0863. The number of rotatable bonds is 3. The maximum atomic E-state index is 13.3. The topological polar surface area (TPSA) is 25.2 Å². The number of hydrogen-bond donors (Lipinski definition) is 0. The molecule has 0 radical (unpaired) electrons. The second kappa shape index (κ2) is 6.48. The van der Waals surface area contributed by atoms with Gasteiger partial charge in [-0.2, -0.15) is 13.2 Å². The zero-order valence-electron chi connectivity index (χ0n) is 14.7. The van der Waals surface area contributed by atoms with E-state index in [1.54, 1.807) is 7.05 Å². The van der Waals surface area contributed by atoms with Crippen molar-refractivity contribution in [1.29, 1.82) is 0 Å². The molecule has 3 nitrogen and oxygen atoms in total. The highest BCUT2D eigenvalue weighted by atomic mass is 19.4. The van der Waals surface area contributed by atoms with Crippen molar-refractivity contribution in [1.82, 2.24) is 9.47 Å². The zero-order chi connectivity index (χ0) is 18.4. The number of aromatic nitrogens is 1. The van der Waals surface area contributed by atoms with Crippen LogP contribution in [-0.2, 0) is 0 Å². The molecule has 0 aliphatic carbocycles. The van der Waals surface area contributed by atoms with Gasteiger partial charge in [0.05, 0.1) is 0 Å². The Kier molecular flexibility index (Phi) is 4.66. The highest BCUT2D eigenvalue weighted by molar-refractivity contribution is 5.99. The van der Waals surface area contributed by atoms with Crippen LogP contribution in [0.25, 0.3) is 10.9 Å². The predicted molar refractivity (Wildman–Crippen MR) is 92.0 cm³/mol. The minimum Gasteiger partial charge on any atom is -0.341 e. The average molecular weight is 352 g/mol. The Labute approximate surface area is 145 Å². The molecule has 1 aliphatic rings. The van der Waals surface area contributed by atoms with Gasteiger partial charge in [0.1, 0.15) is 6.04 Å². The molecule has 3 unspecified atom stereocenters. The molecule has 0 spiro atoms. The average Bonchev–Trinajstić information content (AvgIpc) is 2.84. The van der Waals surface area contributed by atoms with Crippen LogP contribution in [0.4, 0.5) is 13.2 Å². The van der Waals surface area contributed by atoms with Crippen molar-refractivity contribution in [3.05, 3.63) is 35.5 Å². The smallest absolute Gasteiger partial charge is 0.341 e. The molecule has 1 aromatic heterocycles. The number of carbonyl (C=O) groups excluding carboxylic acids is 1. The fourth-order valence-electron chi connectivity index (χ4n) is 4.23. The van der Waals surface area contributed by atoms with Crippen molar-refractivity contribution in [3.63, 3.8) is 0 Å². The molecule has 136 valence electrons. The molecule has 25 heavy (non-hydrogen) atoms. The van der Waals surface area contributed by atoms with E-state index in [0.717, 1.165) is 22.9 Å². The van der Waals surface area contributed by atoms with E-state index in [1.165, 1.54) is 4.90 Å². The highest BCUT2D eigenvalue weighted by Crippen LogP contribution is 2.40. The molecule has 1 aromatic carbocycles. The molecular formula is C19H23F3N2O.